The molecule has 3 heteroatoms. The number of allylic oxidation sites excluding steroid dienone is 2. The first-order chi connectivity index (χ1) is 8.02. The second kappa shape index (κ2) is 8.74. The molecule has 0 aliphatic heterocycles. The van der Waals surface area contributed by atoms with Gasteiger partial charge in [-0.25, -0.2) is 4.99 Å². The summed E-state index contributed by atoms with van der Waals surface area (Å²) in [6.45, 7) is 10.3. The highest BCUT2D eigenvalue weighted by Crippen LogP contribution is 2.07. The van der Waals surface area contributed by atoms with Gasteiger partial charge in [-0.05, 0) is 38.2 Å². The molecule has 0 amide bonds. The van der Waals surface area contributed by atoms with E-state index in [2.05, 4.69) is 30.8 Å². The zero-order chi connectivity index (χ0) is 13.3. The second-order valence-corrected chi connectivity index (χ2v) is 4.32. The third kappa shape index (κ3) is 6.72. The highest BCUT2D eigenvalue weighted by Gasteiger charge is 2.02. The Morgan fingerprint density at radius 1 is 1.29 bits per heavy atom. The Balaban J connectivity index is 4.90. The van der Waals surface area contributed by atoms with Crippen LogP contribution >= 0.6 is 0 Å². The molecule has 0 heterocycles. The van der Waals surface area contributed by atoms with E-state index in [0.717, 1.165) is 24.1 Å². The van der Waals surface area contributed by atoms with Gasteiger partial charge in [0.25, 0.3) is 0 Å². The van der Waals surface area contributed by atoms with Crippen molar-refractivity contribution in [1.29, 1.82) is 0 Å². The largest absolute Gasteiger partial charge is 0.382 e. The van der Waals surface area contributed by atoms with E-state index in [1.54, 1.807) is 6.20 Å². The average Bonchev–Trinajstić information content (AvgIpc) is 2.28. The van der Waals surface area contributed by atoms with Gasteiger partial charge in [0.1, 0.15) is 11.5 Å². The van der Waals surface area contributed by atoms with Crippen molar-refractivity contribution < 1.29 is 0 Å². The Labute approximate surface area is 105 Å². The van der Waals surface area contributed by atoms with Gasteiger partial charge >= 0.3 is 0 Å². The van der Waals surface area contributed by atoms with Crippen LogP contribution in [0.15, 0.2) is 33.5 Å². The van der Waals surface area contributed by atoms with Crippen molar-refractivity contribution in [2.75, 3.05) is 0 Å². The lowest BCUT2D eigenvalue weighted by Crippen LogP contribution is -2.15. The molecule has 0 aromatic heterocycles. The van der Waals surface area contributed by atoms with Gasteiger partial charge in [-0.2, -0.15) is 0 Å². The fraction of sp³-hybridized carbons (Fsp3) is 0.571. The van der Waals surface area contributed by atoms with Crippen molar-refractivity contribution in [2.45, 2.75) is 47.5 Å². The van der Waals surface area contributed by atoms with Crippen LogP contribution in [-0.2, 0) is 0 Å². The highest BCUT2D eigenvalue weighted by atomic mass is 14.9. The fourth-order valence-electron chi connectivity index (χ4n) is 1.06. The van der Waals surface area contributed by atoms with Gasteiger partial charge in [0.15, 0.2) is 0 Å². The maximum atomic E-state index is 5.91. The van der Waals surface area contributed by atoms with Crippen molar-refractivity contribution >= 4 is 12.1 Å². The first kappa shape index (κ1) is 15.6. The minimum Gasteiger partial charge on any atom is -0.382 e. The Bertz CT molecular complexity index is 331. The molecule has 2 N–H and O–H groups in total. The van der Waals surface area contributed by atoms with Crippen molar-refractivity contribution in [2.24, 2.45) is 21.6 Å². The summed E-state index contributed by atoms with van der Waals surface area (Å²) in [6, 6.07) is 0. The summed E-state index contributed by atoms with van der Waals surface area (Å²) in [4.78, 5) is 8.62. The molecule has 0 rings (SSSR count). The zero-order valence-corrected chi connectivity index (χ0v) is 11.7. The first-order valence-corrected chi connectivity index (χ1v) is 6.23. The van der Waals surface area contributed by atoms with Crippen molar-refractivity contribution in [3.8, 4) is 0 Å². The molecule has 0 saturated heterocycles. The molecular formula is C14H25N3. The standard InChI is InChI=1S/C14H25N3/c1-6-8-9-16-14(15)13(11(3)4)17-10-12(5)7-2/h8-10,12H,6-7H2,1-5H3,(H2,15,16)/b9-8+,17-10?. The van der Waals surface area contributed by atoms with Crippen LogP contribution in [0.1, 0.15) is 47.5 Å². The van der Waals surface area contributed by atoms with E-state index < -0.39 is 0 Å². The summed E-state index contributed by atoms with van der Waals surface area (Å²) in [5.41, 5.74) is 7.78. The average molecular weight is 235 g/mol. The van der Waals surface area contributed by atoms with Crippen LogP contribution < -0.4 is 5.73 Å². The van der Waals surface area contributed by atoms with Crippen LogP contribution in [0.5, 0.6) is 0 Å². The van der Waals surface area contributed by atoms with E-state index in [9.17, 15) is 0 Å². The molecule has 96 valence electrons. The van der Waals surface area contributed by atoms with E-state index in [0.29, 0.717) is 11.8 Å². The van der Waals surface area contributed by atoms with Gasteiger partial charge in [0.2, 0.25) is 0 Å². The molecule has 17 heavy (non-hydrogen) atoms. The molecule has 0 fully saturated rings. The number of hydrogen-bond donors (Lipinski definition) is 1. The monoisotopic (exact) mass is 235 g/mol. The normalized spacial score (nSPS) is 14.5. The van der Waals surface area contributed by atoms with Gasteiger partial charge in [0.05, 0.1) is 0 Å². The van der Waals surface area contributed by atoms with Crippen molar-refractivity contribution in [3.63, 3.8) is 0 Å². The minimum absolute atomic E-state index is 0.461. The summed E-state index contributed by atoms with van der Waals surface area (Å²) < 4.78 is 0. The third-order valence-electron chi connectivity index (χ3n) is 2.37. The number of nitrogens with zero attached hydrogens (tertiary/aromatic N) is 2. The van der Waals surface area contributed by atoms with Gasteiger partial charge in [-0.15, -0.1) is 0 Å². The number of rotatable bonds is 6. The molecule has 0 radical (unpaired) electrons. The molecule has 0 aliphatic carbocycles. The van der Waals surface area contributed by atoms with E-state index in [1.165, 1.54) is 0 Å². The van der Waals surface area contributed by atoms with Crippen LogP contribution in [0.25, 0.3) is 0 Å². The van der Waals surface area contributed by atoms with Gasteiger partial charge < -0.3 is 5.73 Å². The lowest BCUT2D eigenvalue weighted by molar-refractivity contribution is 0.754. The SMILES string of the molecule is CC/C=C/N=C(N)C(N=CC(C)CC)=C(C)C. The van der Waals surface area contributed by atoms with Crippen molar-refractivity contribution in [1.82, 2.24) is 0 Å². The maximum absolute atomic E-state index is 5.91. The Kier molecular flexibility index (Phi) is 8.03. The van der Waals surface area contributed by atoms with E-state index in [1.807, 2.05) is 26.1 Å². The number of nitrogens with two attached hydrogens (primary N) is 1. The first-order valence-electron chi connectivity index (χ1n) is 6.23. The van der Waals surface area contributed by atoms with Gasteiger partial charge in [-0.1, -0.05) is 26.8 Å². The van der Waals surface area contributed by atoms with E-state index in [-0.39, 0.29) is 0 Å². The molecule has 0 aromatic rings. The smallest absolute Gasteiger partial charge is 0.149 e. The van der Waals surface area contributed by atoms with Crippen LogP contribution in [0.4, 0.5) is 0 Å². The summed E-state index contributed by atoms with van der Waals surface area (Å²) in [5.74, 6) is 0.942. The van der Waals surface area contributed by atoms with Crippen LogP contribution in [-0.4, -0.2) is 12.1 Å². The van der Waals surface area contributed by atoms with E-state index in [4.69, 9.17) is 5.73 Å². The number of hydrogen-bond acceptors (Lipinski definition) is 2. The molecule has 1 unspecified atom stereocenters. The molecular weight excluding hydrogens is 210 g/mol. The summed E-state index contributed by atoms with van der Waals surface area (Å²) >= 11 is 0. The fourth-order valence-corrected chi connectivity index (χ4v) is 1.06. The lowest BCUT2D eigenvalue weighted by Gasteiger charge is -2.05. The molecule has 3 nitrogen and oxygen atoms in total. The third-order valence-corrected chi connectivity index (χ3v) is 2.37. The van der Waals surface area contributed by atoms with E-state index >= 15 is 0 Å². The number of aliphatic imine (C=N–C) groups is 2. The molecule has 0 aromatic carbocycles. The molecule has 0 saturated carbocycles. The quantitative estimate of drug-likeness (QED) is 0.554. The zero-order valence-electron chi connectivity index (χ0n) is 11.7. The van der Waals surface area contributed by atoms with Gasteiger partial charge in [-0.3, -0.25) is 4.99 Å². The molecule has 1 atom stereocenters. The topological polar surface area (TPSA) is 50.7 Å². The second-order valence-electron chi connectivity index (χ2n) is 4.32. The highest BCUT2D eigenvalue weighted by molar-refractivity contribution is 5.98. The van der Waals surface area contributed by atoms with Gasteiger partial charge in [0, 0.05) is 12.4 Å². The molecule has 0 bridgehead atoms. The molecule has 0 aliphatic rings. The van der Waals surface area contributed by atoms with Crippen molar-refractivity contribution in [3.05, 3.63) is 23.5 Å². The predicted octanol–water partition coefficient (Wildman–Crippen LogP) is 3.68. The summed E-state index contributed by atoms with van der Waals surface area (Å²) in [5, 5.41) is 0. The summed E-state index contributed by atoms with van der Waals surface area (Å²) in [6.07, 6.45) is 7.67. The minimum atomic E-state index is 0.461. The predicted molar refractivity (Wildman–Crippen MR) is 77.4 cm³/mol. The van der Waals surface area contributed by atoms with Crippen LogP contribution in [0.3, 0.4) is 0 Å². The lowest BCUT2D eigenvalue weighted by atomic mass is 10.1. The number of amidine groups is 1. The Morgan fingerprint density at radius 2 is 1.94 bits per heavy atom. The Morgan fingerprint density at radius 3 is 2.41 bits per heavy atom. The molecule has 0 spiro atoms. The van der Waals surface area contributed by atoms with Crippen LogP contribution in [0, 0.1) is 5.92 Å². The van der Waals surface area contributed by atoms with Crippen LogP contribution in [0.2, 0.25) is 0 Å². The summed E-state index contributed by atoms with van der Waals surface area (Å²) in [7, 11) is 0. The Hall–Kier alpha value is -1.38. The maximum Gasteiger partial charge on any atom is 0.149 e.